The highest BCUT2D eigenvalue weighted by Gasteiger charge is 2.00. The van der Waals surface area contributed by atoms with E-state index in [1.54, 1.807) is 0 Å². The molecular weight excluding hydrogens is 194 g/mol. The molecule has 1 N–H and O–H groups in total. The second kappa shape index (κ2) is 5.89. The van der Waals surface area contributed by atoms with Crippen molar-refractivity contribution in [3.05, 3.63) is 11.1 Å². The van der Waals surface area contributed by atoms with Crippen LogP contribution in [0.2, 0.25) is 0 Å². The van der Waals surface area contributed by atoms with E-state index in [-0.39, 0.29) is 6.61 Å². The molecule has 0 amide bonds. The van der Waals surface area contributed by atoms with Gasteiger partial charge in [0.2, 0.25) is 0 Å². The van der Waals surface area contributed by atoms with Gasteiger partial charge in [0.25, 0.3) is 0 Å². The van der Waals surface area contributed by atoms with Crippen LogP contribution in [0.4, 0.5) is 0 Å². The zero-order chi connectivity index (χ0) is 7.98. The summed E-state index contributed by atoms with van der Waals surface area (Å²) in [7, 11) is 0. The predicted molar refractivity (Wildman–Crippen MR) is 47.3 cm³/mol. The topological polar surface area (TPSA) is 23.5 Å². The lowest BCUT2D eigenvalue weighted by molar-refractivity contribution is 0.214. The molecule has 0 saturated carbocycles. The quantitative estimate of drug-likeness (QED) is 0.734. The van der Waals surface area contributed by atoms with Crippen LogP contribution in [0.5, 0.6) is 0 Å². The summed E-state index contributed by atoms with van der Waals surface area (Å²) in [5.74, 6) is 0. The maximum atomic E-state index is 8.59. The number of rotatable bonds is 5. The summed E-state index contributed by atoms with van der Waals surface area (Å²) in [5, 5.41) is 8.59. The van der Waals surface area contributed by atoms with E-state index in [0.29, 0.717) is 0 Å². The highest BCUT2D eigenvalue weighted by atomic mass is 79.9. The Kier molecular flexibility index (Phi) is 5.97. The van der Waals surface area contributed by atoms with Gasteiger partial charge in [0.15, 0.2) is 0 Å². The Hall–Kier alpha value is 0.140. The monoisotopic (exact) mass is 207 g/mol. The van der Waals surface area contributed by atoms with E-state index in [1.165, 1.54) is 0 Å². The second-order valence-corrected chi connectivity index (χ2v) is 3.23. The van der Waals surface area contributed by atoms with Crippen molar-refractivity contribution < 1.29 is 5.11 Å². The molecule has 2 nitrogen and oxygen atoms in total. The molecular formula is C7H14BrNO. The fraction of sp³-hybridized carbons (Fsp3) is 0.714. The Morgan fingerprint density at radius 3 is 2.60 bits per heavy atom. The molecule has 0 fully saturated rings. The molecule has 0 heterocycles. The number of hydrogen-bond donors (Lipinski definition) is 1. The van der Waals surface area contributed by atoms with Gasteiger partial charge in [0.1, 0.15) is 0 Å². The maximum Gasteiger partial charge on any atom is 0.0558 e. The van der Waals surface area contributed by atoms with Crippen molar-refractivity contribution >= 4 is 15.9 Å². The van der Waals surface area contributed by atoms with Crippen LogP contribution in [0.3, 0.4) is 0 Å². The number of aliphatic hydroxyl groups is 1. The zero-order valence-corrected chi connectivity index (χ0v) is 7.89. The first-order valence-electron chi connectivity index (χ1n) is 3.37. The van der Waals surface area contributed by atoms with Crippen LogP contribution < -0.4 is 0 Å². The largest absolute Gasteiger partial charge is 0.395 e. The molecule has 0 aromatic heterocycles. The minimum absolute atomic E-state index is 0.216. The van der Waals surface area contributed by atoms with Crippen LogP contribution in [-0.4, -0.2) is 36.2 Å². The minimum atomic E-state index is 0.216. The Bertz CT molecular complexity index is 106. The molecule has 60 valence electrons. The van der Waals surface area contributed by atoms with Crippen molar-refractivity contribution in [3.63, 3.8) is 0 Å². The molecule has 10 heavy (non-hydrogen) atoms. The summed E-state index contributed by atoms with van der Waals surface area (Å²) in [6, 6.07) is 0. The molecule has 0 aliphatic carbocycles. The fourth-order valence-electron chi connectivity index (χ4n) is 0.733. The lowest BCUT2D eigenvalue weighted by Crippen LogP contribution is -2.27. The van der Waals surface area contributed by atoms with Gasteiger partial charge in [0.05, 0.1) is 6.61 Å². The van der Waals surface area contributed by atoms with E-state index < -0.39 is 0 Å². The average Bonchev–Trinajstić information content (AvgIpc) is 1.86. The first-order valence-corrected chi connectivity index (χ1v) is 4.16. The first-order chi connectivity index (χ1) is 4.70. The summed E-state index contributed by atoms with van der Waals surface area (Å²) in [6.07, 6.45) is 0. The lowest BCUT2D eigenvalue weighted by atomic mass is 10.4. The molecule has 0 atom stereocenters. The fourth-order valence-corrected chi connectivity index (χ4v) is 1.09. The van der Waals surface area contributed by atoms with Crippen molar-refractivity contribution in [3.8, 4) is 0 Å². The smallest absolute Gasteiger partial charge is 0.0558 e. The van der Waals surface area contributed by atoms with Crippen molar-refractivity contribution in [2.24, 2.45) is 0 Å². The lowest BCUT2D eigenvalue weighted by Gasteiger charge is -2.17. The summed E-state index contributed by atoms with van der Waals surface area (Å²) in [4.78, 5) is 2.11. The van der Waals surface area contributed by atoms with E-state index in [0.717, 1.165) is 24.1 Å². The summed E-state index contributed by atoms with van der Waals surface area (Å²) in [6.45, 7) is 8.49. The van der Waals surface area contributed by atoms with E-state index in [2.05, 4.69) is 34.3 Å². The van der Waals surface area contributed by atoms with Gasteiger partial charge < -0.3 is 5.11 Å². The molecule has 0 aliphatic rings. The Morgan fingerprint density at radius 2 is 2.30 bits per heavy atom. The molecule has 0 aromatic carbocycles. The molecule has 0 rings (SSSR count). The highest BCUT2D eigenvalue weighted by molar-refractivity contribution is 9.11. The molecule has 0 aromatic rings. The highest BCUT2D eigenvalue weighted by Crippen LogP contribution is 2.02. The van der Waals surface area contributed by atoms with Crippen molar-refractivity contribution in [1.82, 2.24) is 4.90 Å². The van der Waals surface area contributed by atoms with E-state index in [4.69, 9.17) is 5.11 Å². The SMILES string of the molecule is C=C(Br)CN(CC)CCO. The molecule has 0 saturated heterocycles. The normalized spacial score (nSPS) is 10.4. The number of aliphatic hydroxyl groups excluding tert-OH is 1. The van der Waals surface area contributed by atoms with Gasteiger partial charge in [-0.25, -0.2) is 0 Å². The summed E-state index contributed by atoms with van der Waals surface area (Å²) < 4.78 is 0.961. The number of hydrogen-bond acceptors (Lipinski definition) is 2. The van der Waals surface area contributed by atoms with Crippen molar-refractivity contribution in [2.75, 3.05) is 26.2 Å². The van der Waals surface area contributed by atoms with Crippen LogP contribution in [0, 0.1) is 0 Å². The number of likely N-dealkylation sites (N-methyl/N-ethyl adjacent to an activating group) is 1. The number of nitrogens with zero attached hydrogens (tertiary/aromatic N) is 1. The third kappa shape index (κ3) is 4.97. The van der Waals surface area contributed by atoms with Gasteiger partial charge >= 0.3 is 0 Å². The van der Waals surface area contributed by atoms with Gasteiger partial charge in [-0.2, -0.15) is 0 Å². The zero-order valence-electron chi connectivity index (χ0n) is 6.31. The maximum absolute atomic E-state index is 8.59. The summed E-state index contributed by atoms with van der Waals surface area (Å²) in [5.41, 5.74) is 0. The average molecular weight is 208 g/mol. The van der Waals surface area contributed by atoms with Gasteiger partial charge in [-0.3, -0.25) is 4.90 Å². The van der Waals surface area contributed by atoms with Crippen LogP contribution in [0.15, 0.2) is 11.1 Å². The van der Waals surface area contributed by atoms with Crippen LogP contribution in [0.25, 0.3) is 0 Å². The van der Waals surface area contributed by atoms with Gasteiger partial charge in [-0.15, -0.1) is 0 Å². The second-order valence-electron chi connectivity index (χ2n) is 2.11. The van der Waals surface area contributed by atoms with E-state index >= 15 is 0 Å². The van der Waals surface area contributed by atoms with Crippen molar-refractivity contribution in [1.29, 1.82) is 0 Å². The summed E-state index contributed by atoms with van der Waals surface area (Å²) >= 11 is 3.27. The standard InChI is InChI=1S/C7H14BrNO/c1-3-9(4-5-10)6-7(2)8/h10H,2-6H2,1H3. The Morgan fingerprint density at radius 1 is 1.70 bits per heavy atom. The van der Waals surface area contributed by atoms with E-state index in [9.17, 15) is 0 Å². The molecule has 0 spiro atoms. The third-order valence-corrected chi connectivity index (χ3v) is 1.51. The minimum Gasteiger partial charge on any atom is -0.395 e. The molecule has 0 aliphatic heterocycles. The predicted octanol–water partition coefficient (Wildman–Crippen LogP) is 1.21. The Labute approximate surface area is 70.7 Å². The van der Waals surface area contributed by atoms with Gasteiger partial charge in [-0.1, -0.05) is 29.4 Å². The van der Waals surface area contributed by atoms with Gasteiger partial charge in [0, 0.05) is 17.6 Å². The van der Waals surface area contributed by atoms with Crippen molar-refractivity contribution in [2.45, 2.75) is 6.92 Å². The van der Waals surface area contributed by atoms with E-state index in [1.807, 2.05) is 0 Å². The van der Waals surface area contributed by atoms with Gasteiger partial charge in [-0.05, 0) is 6.54 Å². The molecule has 0 unspecified atom stereocenters. The van der Waals surface area contributed by atoms with Crippen LogP contribution in [0.1, 0.15) is 6.92 Å². The molecule has 0 radical (unpaired) electrons. The molecule has 0 bridgehead atoms. The Balaban J connectivity index is 3.49. The molecule has 3 heteroatoms. The number of halogens is 1. The first kappa shape index (κ1) is 10.1. The third-order valence-electron chi connectivity index (χ3n) is 1.26. The van der Waals surface area contributed by atoms with Crippen LogP contribution in [-0.2, 0) is 0 Å². The van der Waals surface area contributed by atoms with Crippen LogP contribution >= 0.6 is 15.9 Å².